The fraction of sp³-hybridized carbons (Fsp3) is 0.467. The molecule has 10 nitrogen and oxygen atoms in total. The number of ether oxygens (including phenoxy) is 1. The van der Waals surface area contributed by atoms with Gasteiger partial charge in [-0.05, 0) is 41.0 Å². The molecule has 2 atom stereocenters. The first-order valence-electron chi connectivity index (χ1n) is 13.8. The van der Waals surface area contributed by atoms with Crippen LogP contribution >= 0.6 is 7.29 Å². The molecule has 0 saturated carbocycles. The molecule has 2 aliphatic heterocycles. The van der Waals surface area contributed by atoms with Crippen LogP contribution in [-0.2, 0) is 30.7 Å². The summed E-state index contributed by atoms with van der Waals surface area (Å²) in [6.07, 6.45) is 1.46. The number of nitrogens with zero attached hydrogens (tertiary/aromatic N) is 2. The molecule has 42 heavy (non-hydrogen) atoms. The van der Waals surface area contributed by atoms with E-state index in [-0.39, 0.29) is 46.5 Å². The van der Waals surface area contributed by atoms with Gasteiger partial charge < -0.3 is 20.1 Å². The number of hydrogen-bond acceptors (Lipinski definition) is 7. The molecule has 0 bridgehead atoms. The Labute approximate surface area is 248 Å². The molecule has 0 aliphatic carbocycles. The molecule has 1 amide bonds. The number of anilines is 2. The molecule has 2 aliphatic rings. The van der Waals surface area contributed by atoms with Crippen molar-refractivity contribution in [3.63, 3.8) is 0 Å². The zero-order valence-corrected chi connectivity index (χ0v) is 27.0. The van der Waals surface area contributed by atoms with Crippen molar-refractivity contribution in [3.8, 4) is 0 Å². The topological polar surface area (TPSA) is 137 Å². The predicted molar refractivity (Wildman–Crippen MR) is 168 cm³/mol. The van der Waals surface area contributed by atoms with Gasteiger partial charge >= 0.3 is 0 Å². The molecule has 2 aromatic rings. The Balaban J connectivity index is 1.76. The van der Waals surface area contributed by atoms with Gasteiger partial charge in [0.25, 0.3) is 5.91 Å². The minimum atomic E-state index is -3.76. The van der Waals surface area contributed by atoms with Crippen LogP contribution in [0.3, 0.4) is 0 Å². The zero-order valence-electron chi connectivity index (χ0n) is 25.3. The smallest absolute Gasteiger partial charge is 0.261 e. The van der Waals surface area contributed by atoms with E-state index in [1.165, 1.54) is 12.1 Å². The molecule has 2 unspecified atom stereocenters. The SMILES string of the molecule is CC(C)(C)CCN1C(=O)C(C2=NP(=O)(COCc3ccccc3)c3cc(NS(C)(=O)=O)ccc3N2)=C(O)C1C(C)(C)C. The second-order valence-corrected chi connectivity index (χ2v) is 17.3. The summed E-state index contributed by atoms with van der Waals surface area (Å²) in [6, 6.07) is 13.4. The van der Waals surface area contributed by atoms with Crippen LogP contribution in [0, 0.1) is 10.8 Å². The van der Waals surface area contributed by atoms with E-state index in [4.69, 9.17) is 4.74 Å². The van der Waals surface area contributed by atoms with Crippen LogP contribution in [0.15, 0.2) is 64.6 Å². The standard InChI is InChI=1S/C30H41N4O6PS/c1-29(2,3)15-16-34-26(30(4,5)6)25(35)24(28(34)36)27-31-22-14-13-21(33-42(7,38)39)17-23(22)41(37,32-27)19-40-18-20-11-9-8-10-12-20/h8-14,17,26,33,35H,15-16,18-19H2,1-7H3,(H,31,32,37). The van der Waals surface area contributed by atoms with Crippen LogP contribution in [0.1, 0.15) is 53.5 Å². The maximum atomic E-state index is 14.6. The third kappa shape index (κ3) is 7.25. The first kappa shape index (κ1) is 31.8. The van der Waals surface area contributed by atoms with Crippen molar-refractivity contribution in [2.24, 2.45) is 15.6 Å². The highest BCUT2D eigenvalue weighted by Crippen LogP contribution is 2.52. The van der Waals surface area contributed by atoms with Crippen LogP contribution in [0.2, 0.25) is 0 Å². The van der Waals surface area contributed by atoms with Gasteiger partial charge in [0.15, 0.2) is 0 Å². The Morgan fingerprint density at radius 1 is 1.10 bits per heavy atom. The van der Waals surface area contributed by atoms with Gasteiger partial charge in [-0.1, -0.05) is 71.9 Å². The number of nitrogens with one attached hydrogen (secondary N) is 2. The van der Waals surface area contributed by atoms with E-state index in [0.717, 1.165) is 18.2 Å². The van der Waals surface area contributed by atoms with E-state index in [1.54, 1.807) is 11.0 Å². The summed E-state index contributed by atoms with van der Waals surface area (Å²) in [4.78, 5) is 15.6. The van der Waals surface area contributed by atoms with Gasteiger partial charge in [0.2, 0.25) is 17.3 Å². The van der Waals surface area contributed by atoms with Gasteiger partial charge in [-0.3, -0.25) is 14.1 Å². The number of aliphatic hydroxyl groups excluding tert-OH is 1. The van der Waals surface area contributed by atoms with Crippen molar-refractivity contribution in [1.29, 1.82) is 0 Å². The van der Waals surface area contributed by atoms with Crippen molar-refractivity contribution < 1.29 is 27.6 Å². The Morgan fingerprint density at radius 2 is 1.76 bits per heavy atom. The Bertz CT molecular complexity index is 1570. The van der Waals surface area contributed by atoms with E-state index >= 15 is 0 Å². The van der Waals surface area contributed by atoms with E-state index < -0.39 is 34.7 Å². The molecule has 0 fully saturated rings. The minimum Gasteiger partial charge on any atom is -0.509 e. The fourth-order valence-corrected chi connectivity index (χ4v) is 7.61. The molecule has 0 radical (unpaired) electrons. The summed E-state index contributed by atoms with van der Waals surface area (Å²) in [5.74, 6) is -0.505. The molecule has 4 rings (SSSR count). The van der Waals surface area contributed by atoms with Crippen molar-refractivity contribution in [2.45, 2.75) is 60.6 Å². The number of carbonyl (C=O) groups excluding carboxylic acids is 1. The summed E-state index contributed by atoms with van der Waals surface area (Å²) >= 11 is 0. The minimum absolute atomic E-state index is 0.00738. The molecular weight excluding hydrogens is 575 g/mol. The van der Waals surface area contributed by atoms with Gasteiger partial charge in [0.05, 0.1) is 29.9 Å². The van der Waals surface area contributed by atoms with Gasteiger partial charge in [0, 0.05) is 12.2 Å². The van der Waals surface area contributed by atoms with E-state index in [2.05, 4.69) is 35.6 Å². The lowest BCUT2D eigenvalue weighted by molar-refractivity contribution is -0.128. The lowest BCUT2D eigenvalue weighted by atomic mass is 9.84. The normalized spacial score (nSPS) is 21.2. The molecule has 12 heteroatoms. The van der Waals surface area contributed by atoms with Crippen LogP contribution in [0.5, 0.6) is 0 Å². The lowest BCUT2D eigenvalue weighted by Crippen LogP contribution is -2.45. The average molecular weight is 617 g/mol. The Morgan fingerprint density at radius 3 is 2.36 bits per heavy atom. The van der Waals surface area contributed by atoms with Crippen LogP contribution in [-0.4, -0.2) is 55.4 Å². The van der Waals surface area contributed by atoms with E-state index in [9.17, 15) is 22.9 Å². The summed E-state index contributed by atoms with van der Waals surface area (Å²) in [7, 11) is -7.36. The molecule has 228 valence electrons. The maximum absolute atomic E-state index is 14.6. The van der Waals surface area contributed by atoms with Gasteiger partial charge in [-0.25, -0.2) is 13.2 Å². The number of sulfonamides is 1. The number of amidine groups is 1. The average Bonchev–Trinajstić information content (AvgIpc) is 3.11. The molecule has 2 aromatic carbocycles. The molecule has 2 heterocycles. The monoisotopic (exact) mass is 616 g/mol. The summed E-state index contributed by atoms with van der Waals surface area (Å²) < 4.78 is 51.2. The first-order valence-corrected chi connectivity index (χ1v) is 17.6. The summed E-state index contributed by atoms with van der Waals surface area (Å²) in [6.45, 7) is 12.8. The molecule has 3 N–H and O–H groups in total. The second-order valence-electron chi connectivity index (χ2n) is 13.2. The highest BCUT2D eigenvalue weighted by atomic mass is 32.2. The molecule has 0 aromatic heterocycles. The number of carbonyl (C=O) groups is 1. The summed E-state index contributed by atoms with van der Waals surface area (Å²) in [5, 5.41) is 14.9. The van der Waals surface area contributed by atoms with Gasteiger partial charge in [0.1, 0.15) is 23.5 Å². The van der Waals surface area contributed by atoms with Gasteiger partial charge in [-0.2, -0.15) is 0 Å². The van der Waals surface area contributed by atoms with Crippen molar-refractivity contribution in [2.75, 3.05) is 29.2 Å². The maximum Gasteiger partial charge on any atom is 0.261 e. The number of hydrogen-bond donors (Lipinski definition) is 3. The largest absolute Gasteiger partial charge is 0.509 e. The zero-order chi connectivity index (χ0) is 31.1. The number of rotatable bonds is 9. The highest BCUT2D eigenvalue weighted by Gasteiger charge is 2.48. The molecule has 0 spiro atoms. The second kappa shape index (κ2) is 11.5. The van der Waals surface area contributed by atoms with Crippen molar-refractivity contribution in [1.82, 2.24) is 4.90 Å². The van der Waals surface area contributed by atoms with Gasteiger partial charge in [-0.15, -0.1) is 0 Å². The fourth-order valence-electron chi connectivity index (χ4n) is 5.09. The van der Waals surface area contributed by atoms with Crippen LogP contribution < -0.4 is 15.3 Å². The van der Waals surface area contributed by atoms with Crippen molar-refractivity contribution in [3.05, 3.63) is 65.4 Å². The predicted octanol–water partition coefficient (Wildman–Crippen LogP) is 5.47. The Kier molecular flexibility index (Phi) is 8.71. The summed E-state index contributed by atoms with van der Waals surface area (Å²) in [5.41, 5.74) is 0.950. The van der Waals surface area contributed by atoms with Crippen molar-refractivity contribution >= 4 is 45.7 Å². The third-order valence-corrected chi connectivity index (χ3v) is 9.82. The molecule has 0 saturated heterocycles. The van der Waals surface area contributed by atoms with Crippen LogP contribution in [0.4, 0.5) is 11.4 Å². The van der Waals surface area contributed by atoms with E-state index in [0.29, 0.717) is 12.2 Å². The first-order chi connectivity index (χ1) is 19.4. The number of amides is 1. The number of fused-ring (bicyclic) bond motifs is 1. The molecular formula is C30H41N4O6PS. The number of benzene rings is 2. The quantitative estimate of drug-likeness (QED) is 0.318. The Hall–Kier alpha value is -3.14. The third-order valence-electron chi connectivity index (χ3n) is 7.03. The van der Waals surface area contributed by atoms with E-state index in [1.807, 2.05) is 51.1 Å². The highest BCUT2D eigenvalue weighted by molar-refractivity contribution is 7.92. The number of aliphatic hydroxyl groups is 1. The van der Waals surface area contributed by atoms with Crippen LogP contribution in [0.25, 0.3) is 0 Å². The lowest BCUT2D eigenvalue weighted by Gasteiger charge is -2.36.